The van der Waals surface area contributed by atoms with E-state index in [2.05, 4.69) is 68.8 Å². The molecule has 0 saturated carbocycles. The van der Waals surface area contributed by atoms with E-state index < -0.39 is 16.0 Å². The number of aryl methyl sites for hydroxylation is 2. The maximum Gasteiger partial charge on any atom is 0.335 e. The molecule has 6 aromatic rings. The molecule has 284 valence electrons. The van der Waals surface area contributed by atoms with Crippen LogP contribution < -0.4 is 4.72 Å². The third-order valence-corrected chi connectivity index (χ3v) is 12.0. The molecule has 7 rings (SSSR count). The van der Waals surface area contributed by atoms with Crippen molar-refractivity contribution < 1.29 is 23.1 Å². The van der Waals surface area contributed by atoms with Crippen molar-refractivity contribution in [2.75, 3.05) is 32.8 Å². The average molecular weight is 776 g/mol. The summed E-state index contributed by atoms with van der Waals surface area (Å²) in [6.07, 6.45) is 2.74. The molecule has 2 heterocycles. The predicted molar refractivity (Wildman–Crippen MR) is 219 cm³/mol. The van der Waals surface area contributed by atoms with Crippen LogP contribution in [0.2, 0.25) is 5.02 Å². The summed E-state index contributed by atoms with van der Waals surface area (Å²) in [5.74, 6) is -1.05. The zero-order valence-corrected chi connectivity index (χ0v) is 32.3. The minimum atomic E-state index is -3.68. The molecule has 0 radical (unpaired) electrons. The third kappa shape index (κ3) is 9.55. The van der Waals surface area contributed by atoms with Crippen molar-refractivity contribution in [3.63, 3.8) is 0 Å². The molecule has 0 unspecified atom stereocenters. The standard InChI is InChI=1S/C45H46ClN3O5S/c46-39-22-23-42-41(30-39)40(17-9-10-33-18-20-36(21-19-33)45(50)51)43(49(42)44(34-11-3-1-4-12-34)35-13-5-2-6-14-35)24-25-47-55(52,53)32-38-16-8-7-15-37(38)31-48-26-28-54-29-27-48/h1-8,11-16,18-23,30,44,47H,9-10,17,24-29,31-32H2,(H,50,51). The molecule has 1 aliphatic heterocycles. The lowest BCUT2D eigenvalue weighted by atomic mass is 9.97. The van der Waals surface area contributed by atoms with Crippen molar-refractivity contribution in [2.24, 2.45) is 0 Å². The Kier molecular flexibility index (Phi) is 12.5. The minimum Gasteiger partial charge on any atom is -0.478 e. The van der Waals surface area contributed by atoms with Crippen molar-refractivity contribution in [1.29, 1.82) is 0 Å². The quantitative estimate of drug-likeness (QED) is 0.103. The van der Waals surface area contributed by atoms with Gasteiger partial charge in [-0.15, -0.1) is 0 Å². The van der Waals surface area contributed by atoms with Crippen molar-refractivity contribution >= 4 is 38.5 Å². The topological polar surface area (TPSA) is 101 Å². The number of hydrogen-bond acceptors (Lipinski definition) is 5. The summed E-state index contributed by atoms with van der Waals surface area (Å²) in [5, 5.41) is 11.0. The highest BCUT2D eigenvalue weighted by Gasteiger charge is 2.26. The zero-order valence-electron chi connectivity index (χ0n) is 30.7. The second-order valence-corrected chi connectivity index (χ2v) is 16.3. The Bertz CT molecular complexity index is 2280. The van der Waals surface area contributed by atoms with Gasteiger partial charge in [0.05, 0.1) is 30.6 Å². The second-order valence-electron chi connectivity index (χ2n) is 14.1. The lowest BCUT2D eigenvalue weighted by Crippen LogP contribution is -2.36. The fourth-order valence-electron chi connectivity index (χ4n) is 7.73. The number of carboxylic acid groups (broad SMARTS) is 1. The van der Waals surface area contributed by atoms with Gasteiger partial charge < -0.3 is 14.4 Å². The van der Waals surface area contributed by atoms with Crippen molar-refractivity contribution in [3.05, 3.63) is 177 Å². The van der Waals surface area contributed by atoms with Crippen LogP contribution in [0.15, 0.2) is 127 Å². The van der Waals surface area contributed by atoms with Crippen LogP contribution in [0.1, 0.15) is 61.9 Å². The second kappa shape index (κ2) is 17.8. The Hall–Kier alpha value is -4.77. The molecule has 1 aromatic heterocycles. The lowest BCUT2D eigenvalue weighted by molar-refractivity contribution is 0.0341. The number of nitrogens with one attached hydrogen (secondary N) is 1. The third-order valence-electron chi connectivity index (χ3n) is 10.4. The fraction of sp³-hybridized carbons (Fsp3) is 0.267. The van der Waals surface area contributed by atoms with E-state index in [0.717, 1.165) is 82.3 Å². The number of morpholine rings is 1. The van der Waals surface area contributed by atoms with E-state index in [1.165, 1.54) is 0 Å². The van der Waals surface area contributed by atoms with Crippen LogP contribution in [-0.4, -0.2) is 61.8 Å². The van der Waals surface area contributed by atoms with E-state index in [4.69, 9.17) is 16.3 Å². The molecule has 0 bridgehead atoms. The molecule has 8 nitrogen and oxygen atoms in total. The maximum atomic E-state index is 13.8. The molecule has 0 spiro atoms. The van der Waals surface area contributed by atoms with Gasteiger partial charge in [0.15, 0.2) is 0 Å². The van der Waals surface area contributed by atoms with Gasteiger partial charge in [-0.25, -0.2) is 17.9 Å². The first-order chi connectivity index (χ1) is 26.8. The molecular weight excluding hydrogens is 730 g/mol. The number of aromatic nitrogens is 1. The predicted octanol–water partition coefficient (Wildman–Crippen LogP) is 8.30. The molecule has 55 heavy (non-hydrogen) atoms. The number of aromatic carboxylic acids is 1. The van der Waals surface area contributed by atoms with Gasteiger partial charge in [-0.05, 0) is 83.0 Å². The van der Waals surface area contributed by atoms with Gasteiger partial charge in [0.1, 0.15) is 0 Å². The van der Waals surface area contributed by atoms with E-state index in [9.17, 15) is 18.3 Å². The molecule has 0 atom stereocenters. The molecule has 5 aromatic carbocycles. The number of rotatable bonds is 16. The van der Waals surface area contributed by atoms with E-state index in [0.29, 0.717) is 31.2 Å². The summed E-state index contributed by atoms with van der Waals surface area (Å²) in [4.78, 5) is 13.7. The summed E-state index contributed by atoms with van der Waals surface area (Å²) < 4.78 is 38.4. The van der Waals surface area contributed by atoms with Gasteiger partial charge in [0, 0.05) is 54.2 Å². The minimum absolute atomic E-state index is 0.101. The number of benzene rings is 5. The van der Waals surface area contributed by atoms with Gasteiger partial charge in [-0.1, -0.05) is 109 Å². The average Bonchev–Trinajstić information content (AvgIpc) is 3.48. The fourth-order valence-corrected chi connectivity index (χ4v) is 9.11. The molecular formula is C45H46ClN3O5S. The van der Waals surface area contributed by atoms with Crippen LogP contribution in [0.4, 0.5) is 0 Å². The Morgan fingerprint density at radius 2 is 1.42 bits per heavy atom. The van der Waals surface area contributed by atoms with Gasteiger partial charge in [0.2, 0.25) is 10.0 Å². The van der Waals surface area contributed by atoms with Gasteiger partial charge in [-0.2, -0.15) is 0 Å². The van der Waals surface area contributed by atoms with Gasteiger partial charge >= 0.3 is 5.97 Å². The smallest absolute Gasteiger partial charge is 0.335 e. The lowest BCUT2D eigenvalue weighted by Gasteiger charge is -2.27. The van der Waals surface area contributed by atoms with Crippen LogP contribution in [-0.2, 0) is 46.3 Å². The van der Waals surface area contributed by atoms with Crippen LogP contribution >= 0.6 is 11.6 Å². The highest BCUT2D eigenvalue weighted by atomic mass is 35.5. The number of sulfonamides is 1. The highest BCUT2D eigenvalue weighted by molar-refractivity contribution is 7.88. The van der Waals surface area contributed by atoms with E-state index in [1.807, 2.05) is 60.7 Å². The number of carboxylic acids is 1. The largest absolute Gasteiger partial charge is 0.478 e. The molecule has 1 aliphatic rings. The molecule has 1 saturated heterocycles. The SMILES string of the molecule is O=C(O)c1ccc(CCCc2c(CCNS(=O)(=O)Cc3ccccc3CN3CCOCC3)n(C(c3ccccc3)c3ccccc3)c3ccc(Cl)cc23)cc1. The van der Waals surface area contributed by atoms with E-state index >= 15 is 0 Å². The van der Waals surface area contributed by atoms with Gasteiger partial charge in [0.25, 0.3) is 0 Å². The summed E-state index contributed by atoms with van der Waals surface area (Å²) in [6, 6.07) is 41.5. The number of fused-ring (bicyclic) bond motifs is 1. The Morgan fingerprint density at radius 3 is 2.07 bits per heavy atom. The molecule has 2 N–H and O–H groups in total. The van der Waals surface area contributed by atoms with Crippen molar-refractivity contribution in [2.45, 2.75) is 44.0 Å². The van der Waals surface area contributed by atoms with E-state index in [-0.39, 0.29) is 23.9 Å². The zero-order chi connectivity index (χ0) is 38.2. The van der Waals surface area contributed by atoms with Crippen molar-refractivity contribution in [1.82, 2.24) is 14.2 Å². The maximum absolute atomic E-state index is 13.8. The number of hydrogen-bond donors (Lipinski definition) is 2. The summed E-state index contributed by atoms with van der Waals surface area (Å²) in [5.41, 5.74) is 8.57. The first-order valence-corrected chi connectivity index (χ1v) is 20.9. The van der Waals surface area contributed by atoms with Crippen LogP contribution in [0, 0.1) is 0 Å². The number of carbonyl (C=O) groups is 1. The van der Waals surface area contributed by atoms with Gasteiger partial charge in [-0.3, -0.25) is 4.90 Å². The Balaban J connectivity index is 1.22. The highest BCUT2D eigenvalue weighted by Crippen LogP contribution is 2.38. The number of nitrogens with zero attached hydrogens (tertiary/aromatic N) is 2. The van der Waals surface area contributed by atoms with Crippen molar-refractivity contribution in [3.8, 4) is 0 Å². The Labute approximate surface area is 328 Å². The monoisotopic (exact) mass is 775 g/mol. The molecule has 0 amide bonds. The normalized spacial score (nSPS) is 13.8. The Morgan fingerprint density at radius 1 is 0.782 bits per heavy atom. The van der Waals surface area contributed by atoms with Crippen LogP contribution in [0.3, 0.4) is 0 Å². The summed E-state index contributed by atoms with van der Waals surface area (Å²) >= 11 is 6.69. The first-order valence-electron chi connectivity index (χ1n) is 18.8. The molecule has 0 aliphatic carbocycles. The van der Waals surface area contributed by atoms with Crippen LogP contribution in [0.25, 0.3) is 10.9 Å². The number of ether oxygens (including phenoxy) is 1. The molecule has 10 heteroatoms. The summed E-state index contributed by atoms with van der Waals surface area (Å²) in [7, 11) is -3.68. The van der Waals surface area contributed by atoms with E-state index in [1.54, 1.807) is 12.1 Å². The van der Waals surface area contributed by atoms with Crippen LogP contribution in [0.5, 0.6) is 0 Å². The summed E-state index contributed by atoms with van der Waals surface area (Å²) in [6.45, 7) is 3.92. The number of halogens is 1. The first kappa shape index (κ1) is 38.5. The molecule has 1 fully saturated rings.